The molecule has 1 N–H and O–H groups in total. The molecule has 3 heterocycles. The van der Waals surface area contributed by atoms with Crippen molar-refractivity contribution in [3.63, 3.8) is 0 Å². The van der Waals surface area contributed by atoms with Crippen LogP contribution in [0.2, 0.25) is 0 Å². The van der Waals surface area contributed by atoms with Gasteiger partial charge in [-0.1, -0.05) is 0 Å². The molecule has 3 aromatic rings. The first-order valence-corrected chi connectivity index (χ1v) is 12.0. The monoisotopic (exact) mass is 470 g/mol. The lowest BCUT2D eigenvalue weighted by Crippen LogP contribution is -2.43. The minimum atomic E-state index is -3.74. The smallest absolute Gasteiger partial charge is 0.243 e. The highest BCUT2D eigenvalue weighted by molar-refractivity contribution is 7.89. The summed E-state index contributed by atoms with van der Waals surface area (Å²) in [6.45, 7) is 1.43. The van der Waals surface area contributed by atoms with Gasteiger partial charge in [-0.05, 0) is 59.7 Å². The van der Waals surface area contributed by atoms with Crippen molar-refractivity contribution in [1.82, 2.24) is 24.5 Å². The highest BCUT2D eigenvalue weighted by Gasteiger charge is 2.33. The van der Waals surface area contributed by atoms with E-state index >= 15 is 0 Å². The van der Waals surface area contributed by atoms with Crippen molar-refractivity contribution in [3.05, 3.63) is 48.8 Å². The maximum absolute atomic E-state index is 13.2. The van der Waals surface area contributed by atoms with Gasteiger partial charge in [-0.3, -0.25) is 4.79 Å². The van der Waals surface area contributed by atoms with E-state index in [0.29, 0.717) is 55.5 Å². The summed E-state index contributed by atoms with van der Waals surface area (Å²) in [5.41, 5.74) is 1.23. The van der Waals surface area contributed by atoms with Crippen LogP contribution in [0.15, 0.2) is 53.7 Å². The van der Waals surface area contributed by atoms with Crippen LogP contribution in [0.25, 0.3) is 5.69 Å². The number of hydrogen-bond donors (Lipinski definition) is 1. The Balaban J connectivity index is 1.27. The van der Waals surface area contributed by atoms with Crippen LogP contribution < -0.4 is 14.8 Å². The second-order valence-electron chi connectivity index (χ2n) is 7.80. The van der Waals surface area contributed by atoms with Gasteiger partial charge in [0, 0.05) is 24.8 Å². The normalized spacial score (nSPS) is 18.6. The van der Waals surface area contributed by atoms with E-state index < -0.39 is 15.9 Å². The third-order valence-electron chi connectivity index (χ3n) is 5.65. The molecule has 0 radical (unpaired) electrons. The number of nitrogens with zero attached hydrogens (tertiary/aromatic N) is 5. The van der Waals surface area contributed by atoms with Gasteiger partial charge in [0.25, 0.3) is 0 Å². The summed E-state index contributed by atoms with van der Waals surface area (Å²) in [6.07, 6.45) is 2.64. The van der Waals surface area contributed by atoms with Crippen molar-refractivity contribution in [2.45, 2.75) is 17.7 Å². The van der Waals surface area contributed by atoms with E-state index in [4.69, 9.17) is 9.47 Å². The SMILES string of the molecule is O=C(Nc1ccc2c(c1)OCCO2)C1CCCN(S(=O)(=O)c2ccc(-n3cnnn3)cc2)C1. The number of piperidine rings is 1. The number of carbonyl (C=O) groups excluding carboxylic acids is 1. The van der Waals surface area contributed by atoms with E-state index in [1.54, 1.807) is 30.3 Å². The zero-order chi connectivity index (χ0) is 22.8. The number of sulfonamides is 1. The maximum Gasteiger partial charge on any atom is 0.243 e. The molecule has 1 fully saturated rings. The molecule has 172 valence electrons. The number of carbonyl (C=O) groups is 1. The molecule has 5 rings (SSSR count). The summed E-state index contributed by atoms with van der Waals surface area (Å²) in [5, 5.41) is 13.8. The minimum absolute atomic E-state index is 0.119. The van der Waals surface area contributed by atoms with Crippen LogP contribution in [0.5, 0.6) is 11.5 Å². The van der Waals surface area contributed by atoms with E-state index in [2.05, 4.69) is 20.8 Å². The molecule has 1 amide bonds. The number of aromatic nitrogens is 4. The first kappa shape index (κ1) is 21.3. The second-order valence-corrected chi connectivity index (χ2v) is 9.74. The lowest BCUT2D eigenvalue weighted by molar-refractivity contribution is -0.120. The number of fused-ring (bicyclic) bond motifs is 1. The van der Waals surface area contributed by atoms with Gasteiger partial charge in [-0.15, -0.1) is 5.10 Å². The van der Waals surface area contributed by atoms with E-state index in [-0.39, 0.29) is 17.3 Å². The number of anilines is 1. The van der Waals surface area contributed by atoms with Crippen LogP contribution in [0.3, 0.4) is 0 Å². The summed E-state index contributed by atoms with van der Waals surface area (Å²) < 4.78 is 40.2. The minimum Gasteiger partial charge on any atom is -0.486 e. The molecule has 2 aromatic carbocycles. The average Bonchev–Trinajstić information content (AvgIpc) is 3.39. The Bertz CT molecular complexity index is 1250. The van der Waals surface area contributed by atoms with Gasteiger partial charge < -0.3 is 14.8 Å². The van der Waals surface area contributed by atoms with E-state index in [1.165, 1.54) is 27.4 Å². The lowest BCUT2D eigenvalue weighted by atomic mass is 9.98. The molecule has 11 nitrogen and oxygen atoms in total. The zero-order valence-electron chi connectivity index (χ0n) is 17.6. The molecule has 33 heavy (non-hydrogen) atoms. The predicted octanol–water partition coefficient (Wildman–Crippen LogP) is 1.47. The van der Waals surface area contributed by atoms with Crippen LogP contribution in [0.1, 0.15) is 12.8 Å². The fourth-order valence-corrected chi connectivity index (χ4v) is 5.46. The summed E-state index contributed by atoms with van der Waals surface area (Å²) in [5.74, 6) is 0.542. The number of nitrogens with one attached hydrogen (secondary N) is 1. The van der Waals surface area contributed by atoms with Crippen LogP contribution >= 0.6 is 0 Å². The number of amides is 1. The molecule has 1 saturated heterocycles. The summed E-state index contributed by atoms with van der Waals surface area (Å²) in [4.78, 5) is 13.1. The quantitative estimate of drug-likeness (QED) is 0.594. The van der Waals surface area contributed by atoms with Gasteiger partial charge in [0.2, 0.25) is 15.9 Å². The van der Waals surface area contributed by atoms with Crippen LogP contribution in [0, 0.1) is 5.92 Å². The first-order chi connectivity index (χ1) is 16.0. The Hall–Kier alpha value is -3.51. The fourth-order valence-electron chi connectivity index (χ4n) is 3.94. The molecule has 0 saturated carbocycles. The average molecular weight is 471 g/mol. The van der Waals surface area contributed by atoms with Crippen molar-refractivity contribution in [2.24, 2.45) is 5.92 Å². The Labute approximate surface area is 190 Å². The number of tetrazole rings is 1. The first-order valence-electron chi connectivity index (χ1n) is 10.5. The van der Waals surface area contributed by atoms with Crippen molar-refractivity contribution >= 4 is 21.6 Å². The van der Waals surface area contributed by atoms with Crippen molar-refractivity contribution in [1.29, 1.82) is 0 Å². The Morgan fingerprint density at radius 1 is 1.06 bits per heavy atom. The van der Waals surface area contributed by atoms with E-state index in [9.17, 15) is 13.2 Å². The largest absolute Gasteiger partial charge is 0.486 e. The topological polar surface area (TPSA) is 129 Å². The third kappa shape index (κ3) is 4.39. The van der Waals surface area contributed by atoms with Crippen LogP contribution in [-0.2, 0) is 14.8 Å². The number of rotatable bonds is 5. The number of ether oxygens (including phenoxy) is 2. The Morgan fingerprint density at radius 2 is 1.85 bits per heavy atom. The van der Waals surface area contributed by atoms with Gasteiger partial charge in [-0.25, -0.2) is 13.1 Å². The summed E-state index contributed by atoms with van der Waals surface area (Å²) >= 11 is 0. The predicted molar refractivity (Wildman–Crippen MR) is 117 cm³/mol. The van der Waals surface area contributed by atoms with E-state index in [0.717, 1.165) is 0 Å². The molecule has 0 spiro atoms. The van der Waals surface area contributed by atoms with Crippen molar-refractivity contribution in [2.75, 3.05) is 31.6 Å². The molecule has 1 aromatic heterocycles. The number of hydrogen-bond acceptors (Lipinski definition) is 8. The molecule has 1 atom stereocenters. The molecule has 2 aliphatic heterocycles. The molecular weight excluding hydrogens is 448 g/mol. The Kier molecular flexibility index (Phi) is 5.68. The van der Waals surface area contributed by atoms with Gasteiger partial charge in [0.05, 0.1) is 16.5 Å². The van der Waals surface area contributed by atoms with Crippen LogP contribution in [0.4, 0.5) is 5.69 Å². The van der Waals surface area contributed by atoms with Crippen LogP contribution in [-0.4, -0.2) is 65.1 Å². The van der Waals surface area contributed by atoms with Gasteiger partial charge in [0.15, 0.2) is 11.5 Å². The highest BCUT2D eigenvalue weighted by Crippen LogP contribution is 2.33. The number of benzene rings is 2. The van der Waals surface area contributed by atoms with Crippen molar-refractivity contribution < 1.29 is 22.7 Å². The van der Waals surface area contributed by atoms with E-state index in [1.807, 2.05) is 0 Å². The molecular formula is C21H22N6O5S. The summed E-state index contributed by atoms with van der Waals surface area (Å²) in [6, 6.07) is 11.5. The molecule has 1 unspecified atom stereocenters. The zero-order valence-corrected chi connectivity index (χ0v) is 18.4. The molecule has 2 aliphatic rings. The molecule has 12 heteroatoms. The third-order valence-corrected chi connectivity index (χ3v) is 7.53. The van der Waals surface area contributed by atoms with Gasteiger partial charge in [-0.2, -0.15) is 4.31 Å². The highest BCUT2D eigenvalue weighted by atomic mass is 32.2. The molecule has 0 bridgehead atoms. The van der Waals surface area contributed by atoms with Crippen molar-refractivity contribution in [3.8, 4) is 17.2 Å². The maximum atomic E-state index is 13.2. The van der Waals surface area contributed by atoms with Gasteiger partial charge >= 0.3 is 0 Å². The standard InChI is InChI=1S/C21H22N6O5S/c28-21(23-16-3-8-19-20(12-16)32-11-10-31-19)15-2-1-9-26(13-15)33(29,30)18-6-4-17(5-7-18)27-14-22-24-25-27/h3-8,12,14-15H,1-2,9-11,13H2,(H,23,28). The molecule has 0 aliphatic carbocycles. The summed E-state index contributed by atoms with van der Waals surface area (Å²) in [7, 11) is -3.74. The second kappa shape index (κ2) is 8.79. The Morgan fingerprint density at radius 3 is 2.61 bits per heavy atom. The lowest BCUT2D eigenvalue weighted by Gasteiger charge is -2.31. The van der Waals surface area contributed by atoms with Gasteiger partial charge in [0.1, 0.15) is 19.5 Å². The fraction of sp³-hybridized carbons (Fsp3) is 0.333.